The molecule has 0 bridgehead atoms. The lowest BCUT2D eigenvalue weighted by Gasteiger charge is -2.23. The minimum atomic E-state index is -0.146. The van der Waals surface area contributed by atoms with Crippen LogP contribution in [-0.4, -0.2) is 12.5 Å². The number of benzene rings is 2. The number of nitrogens with two attached hydrogens (primary N) is 1. The van der Waals surface area contributed by atoms with E-state index >= 15 is 0 Å². The maximum absolute atomic E-state index is 12.7. The van der Waals surface area contributed by atoms with E-state index in [4.69, 9.17) is 28.9 Å². The van der Waals surface area contributed by atoms with Crippen LogP contribution < -0.4 is 10.6 Å². The number of hydrogen-bond donors (Lipinski definition) is 1. The Kier molecular flexibility index (Phi) is 5.10. The summed E-state index contributed by atoms with van der Waals surface area (Å²) >= 11 is 11.9. The molecule has 0 aliphatic rings. The number of carbonyl (C=O) groups excluding carboxylic acids is 1. The Morgan fingerprint density at radius 3 is 2.38 bits per heavy atom. The number of hydrogen-bond acceptors (Lipinski definition) is 2. The molecule has 0 aliphatic heterocycles. The molecular weight excluding hydrogens is 307 g/mol. The van der Waals surface area contributed by atoms with Crippen molar-refractivity contribution in [3.8, 4) is 0 Å². The van der Waals surface area contributed by atoms with Crippen molar-refractivity contribution >= 4 is 40.5 Å². The third kappa shape index (κ3) is 3.90. The second-order valence-electron chi connectivity index (χ2n) is 4.71. The van der Waals surface area contributed by atoms with Crippen LogP contribution in [0.3, 0.4) is 0 Å². The van der Waals surface area contributed by atoms with Crippen molar-refractivity contribution in [3.63, 3.8) is 0 Å². The minimum absolute atomic E-state index is 0.146. The van der Waals surface area contributed by atoms with Gasteiger partial charge < -0.3 is 10.6 Å². The largest absolute Gasteiger partial charge is 0.399 e. The molecule has 0 spiro atoms. The molecule has 3 nitrogen and oxygen atoms in total. The maximum atomic E-state index is 12.7. The Morgan fingerprint density at radius 2 is 1.81 bits per heavy atom. The van der Waals surface area contributed by atoms with Gasteiger partial charge in [0.1, 0.15) is 0 Å². The molecule has 2 aromatic rings. The second-order valence-corrected chi connectivity index (χ2v) is 5.58. The van der Waals surface area contributed by atoms with Gasteiger partial charge in [-0.2, -0.15) is 0 Å². The van der Waals surface area contributed by atoms with Gasteiger partial charge in [0, 0.05) is 33.5 Å². The van der Waals surface area contributed by atoms with Crippen LogP contribution in [0.15, 0.2) is 42.5 Å². The highest BCUT2D eigenvalue weighted by molar-refractivity contribution is 6.35. The van der Waals surface area contributed by atoms with Crippen LogP contribution in [0.2, 0.25) is 10.0 Å². The average molecular weight is 323 g/mol. The summed E-state index contributed by atoms with van der Waals surface area (Å²) in [6, 6.07) is 12.1. The number of rotatable bonds is 4. The summed E-state index contributed by atoms with van der Waals surface area (Å²) < 4.78 is 0. The van der Waals surface area contributed by atoms with Gasteiger partial charge in [0.2, 0.25) is 0 Å². The lowest BCUT2D eigenvalue weighted by Crippen LogP contribution is -2.31. The first kappa shape index (κ1) is 15.7. The molecule has 21 heavy (non-hydrogen) atoms. The Hall–Kier alpha value is -1.71. The zero-order valence-corrected chi connectivity index (χ0v) is 13.2. The van der Waals surface area contributed by atoms with Gasteiger partial charge in [-0.25, -0.2) is 0 Å². The van der Waals surface area contributed by atoms with Gasteiger partial charge >= 0.3 is 0 Å². The molecule has 0 atom stereocenters. The van der Waals surface area contributed by atoms with E-state index in [0.717, 1.165) is 12.1 Å². The quantitative estimate of drug-likeness (QED) is 0.834. The molecule has 1 amide bonds. The molecule has 0 saturated carbocycles. The fourth-order valence-corrected chi connectivity index (χ4v) is 2.62. The van der Waals surface area contributed by atoms with Crippen LogP contribution in [0.4, 0.5) is 11.4 Å². The number of nitrogens with zero attached hydrogens (tertiary/aromatic N) is 1. The second kappa shape index (κ2) is 6.83. The fourth-order valence-electron chi connectivity index (χ4n) is 2.10. The first-order valence-electron chi connectivity index (χ1n) is 6.64. The van der Waals surface area contributed by atoms with E-state index < -0.39 is 0 Å². The molecule has 0 saturated heterocycles. The van der Waals surface area contributed by atoms with Gasteiger partial charge in [0.15, 0.2) is 0 Å². The Labute approximate surface area is 134 Å². The van der Waals surface area contributed by atoms with E-state index in [9.17, 15) is 4.79 Å². The molecular formula is C16H16Cl2N2O. The van der Waals surface area contributed by atoms with Crippen molar-refractivity contribution in [2.24, 2.45) is 0 Å². The Morgan fingerprint density at radius 1 is 1.14 bits per heavy atom. The smallest absolute Gasteiger partial charge is 0.258 e. The predicted molar refractivity (Wildman–Crippen MR) is 89.3 cm³/mol. The van der Waals surface area contributed by atoms with E-state index in [0.29, 0.717) is 27.8 Å². The predicted octanol–water partition coefficient (Wildman–Crippen LogP) is 4.63. The van der Waals surface area contributed by atoms with Crippen molar-refractivity contribution in [2.75, 3.05) is 17.2 Å². The molecule has 0 aromatic heterocycles. The molecule has 0 aliphatic carbocycles. The molecule has 0 fully saturated rings. The van der Waals surface area contributed by atoms with Crippen LogP contribution in [0.25, 0.3) is 0 Å². The maximum Gasteiger partial charge on any atom is 0.258 e. The van der Waals surface area contributed by atoms with E-state index in [1.807, 2.05) is 19.1 Å². The van der Waals surface area contributed by atoms with E-state index in [2.05, 4.69) is 0 Å². The zero-order chi connectivity index (χ0) is 15.4. The van der Waals surface area contributed by atoms with Gasteiger partial charge in [0.25, 0.3) is 5.91 Å². The number of anilines is 2. The first-order valence-corrected chi connectivity index (χ1v) is 7.40. The number of nitrogen functional groups attached to an aromatic ring is 1. The highest BCUT2D eigenvalue weighted by Crippen LogP contribution is 2.24. The first-order chi connectivity index (χ1) is 10.0. The summed E-state index contributed by atoms with van der Waals surface area (Å²) in [4.78, 5) is 14.4. The number of amides is 1. The summed E-state index contributed by atoms with van der Waals surface area (Å²) in [6.45, 7) is 2.60. The SMILES string of the molecule is CCCN(C(=O)c1cc(Cl)cc(Cl)c1)c1cccc(N)c1. The molecule has 5 heteroatoms. The summed E-state index contributed by atoms with van der Waals surface area (Å²) in [5, 5.41) is 0.879. The van der Waals surface area contributed by atoms with Crippen molar-refractivity contribution in [1.82, 2.24) is 0 Å². The van der Waals surface area contributed by atoms with Crippen LogP contribution in [0.5, 0.6) is 0 Å². The van der Waals surface area contributed by atoms with E-state index in [1.165, 1.54) is 0 Å². The van der Waals surface area contributed by atoms with Gasteiger partial charge in [-0.1, -0.05) is 36.2 Å². The van der Waals surface area contributed by atoms with Crippen LogP contribution in [-0.2, 0) is 0 Å². The standard InChI is InChI=1S/C16H16Cl2N2O/c1-2-6-20(15-5-3-4-14(19)10-15)16(21)11-7-12(17)9-13(18)8-11/h3-5,7-10H,2,6,19H2,1H3. The van der Waals surface area contributed by atoms with Crippen molar-refractivity contribution in [3.05, 3.63) is 58.1 Å². The van der Waals surface area contributed by atoms with Crippen LogP contribution >= 0.6 is 23.2 Å². The average Bonchev–Trinajstić information content (AvgIpc) is 2.43. The molecule has 0 unspecified atom stereocenters. The summed E-state index contributed by atoms with van der Waals surface area (Å²) in [7, 11) is 0. The fraction of sp³-hybridized carbons (Fsp3) is 0.188. The molecule has 2 N–H and O–H groups in total. The van der Waals surface area contributed by atoms with E-state index in [-0.39, 0.29) is 5.91 Å². The third-order valence-corrected chi connectivity index (χ3v) is 3.42. The molecule has 2 rings (SSSR count). The minimum Gasteiger partial charge on any atom is -0.399 e. The highest BCUT2D eigenvalue weighted by atomic mass is 35.5. The molecule has 110 valence electrons. The van der Waals surface area contributed by atoms with Crippen molar-refractivity contribution < 1.29 is 4.79 Å². The zero-order valence-electron chi connectivity index (χ0n) is 11.6. The summed E-state index contributed by atoms with van der Waals surface area (Å²) in [5.74, 6) is -0.146. The number of carbonyl (C=O) groups is 1. The number of halogens is 2. The van der Waals surface area contributed by atoms with Gasteiger partial charge in [0.05, 0.1) is 0 Å². The van der Waals surface area contributed by atoms with Crippen molar-refractivity contribution in [1.29, 1.82) is 0 Å². The Balaban J connectivity index is 2.39. The third-order valence-electron chi connectivity index (χ3n) is 2.98. The molecule has 2 aromatic carbocycles. The van der Waals surface area contributed by atoms with Crippen LogP contribution in [0.1, 0.15) is 23.7 Å². The Bertz CT molecular complexity index is 638. The van der Waals surface area contributed by atoms with Gasteiger partial charge in [-0.3, -0.25) is 4.79 Å². The van der Waals surface area contributed by atoms with Crippen LogP contribution in [0, 0.1) is 0 Å². The lowest BCUT2D eigenvalue weighted by atomic mass is 10.1. The lowest BCUT2D eigenvalue weighted by molar-refractivity contribution is 0.0987. The highest BCUT2D eigenvalue weighted by Gasteiger charge is 2.18. The normalized spacial score (nSPS) is 10.4. The summed E-state index contributed by atoms with van der Waals surface area (Å²) in [6.07, 6.45) is 0.828. The molecule has 0 radical (unpaired) electrons. The molecule has 0 heterocycles. The monoisotopic (exact) mass is 322 g/mol. The van der Waals surface area contributed by atoms with Crippen molar-refractivity contribution in [2.45, 2.75) is 13.3 Å². The van der Waals surface area contributed by atoms with Gasteiger partial charge in [-0.05, 0) is 42.8 Å². The topological polar surface area (TPSA) is 46.3 Å². The summed E-state index contributed by atoms with van der Waals surface area (Å²) in [5.41, 5.74) is 7.64. The van der Waals surface area contributed by atoms with E-state index in [1.54, 1.807) is 35.2 Å². The van der Waals surface area contributed by atoms with Gasteiger partial charge in [-0.15, -0.1) is 0 Å².